The van der Waals surface area contributed by atoms with E-state index in [1.165, 1.54) is 12.8 Å². The second-order valence-corrected chi connectivity index (χ2v) is 4.69. The fourth-order valence-corrected chi connectivity index (χ4v) is 2.23. The molecule has 0 amide bonds. The number of nitrogens with zero attached hydrogens (tertiary/aromatic N) is 1. The molecule has 1 rings (SSSR count). The Hall–Kier alpha value is -0.120. The number of hydrogen-bond acceptors (Lipinski definition) is 3. The monoisotopic (exact) mass is 200 g/mol. The minimum absolute atomic E-state index is 0.365. The lowest BCUT2D eigenvalue weighted by Gasteiger charge is -2.32. The molecule has 1 fully saturated rings. The number of rotatable bonds is 5. The number of nitrogens with two attached hydrogens (primary N) is 1. The fraction of sp³-hybridized carbons (Fsp3) is 1.00. The average Bonchev–Trinajstić information content (AvgIpc) is 2.57. The van der Waals surface area contributed by atoms with Gasteiger partial charge in [0.25, 0.3) is 0 Å². The van der Waals surface area contributed by atoms with Gasteiger partial charge < -0.3 is 10.5 Å². The third-order valence-corrected chi connectivity index (χ3v) is 2.85. The predicted molar refractivity (Wildman–Crippen MR) is 59.3 cm³/mol. The van der Waals surface area contributed by atoms with Gasteiger partial charge in [-0.25, -0.2) is 0 Å². The predicted octanol–water partition coefficient (Wildman–Crippen LogP) is 1.08. The number of hydrogen-bond donors (Lipinski definition) is 1. The van der Waals surface area contributed by atoms with Crippen LogP contribution in [-0.4, -0.2) is 43.8 Å². The van der Waals surface area contributed by atoms with Gasteiger partial charge in [-0.2, -0.15) is 0 Å². The van der Waals surface area contributed by atoms with Gasteiger partial charge in [-0.05, 0) is 25.8 Å². The summed E-state index contributed by atoms with van der Waals surface area (Å²) in [6, 6.07) is 0.403. The van der Waals surface area contributed by atoms with Crippen LogP contribution in [0.5, 0.6) is 0 Å². The van der Waals surface area contributed by atoms with Crippen molar-refractivity contribution in [2.75, 3.05) is 26.7 Å². The van der Waals surface area contributed by atoms with Crippen LogP contribution < -0.4 is 5.73 Å². The van der Waals surface area contributed by atoms with Crippen molar-refractivity contribution < 1.29 is 4.74 Å². The zero-order valence-corrected chi connectivity index (χ0v) is 9.70. The Balaban J connectivity index is 2.42. The van der Waals surface area contributed by atoms with Gasteiger partial charge in [-0.1, -0.05) is 13.8 Å². The minimum atomic E-state index is 0.365. The summed E-state index contributed by atoms with van der Waals surface area (Å²) in [4.78, 5) is 2.35. The van der Waals surface area contributed by atoms with Crippen molar-refractivity contribution in [3.63, 3.8) is 0 Å². The van der Waals surface area contributed by atoms with Crippen LogP contribution in [-0.2, 0) is 4.74 Å². The maximum Gasteiger partial charge on any atom is 0.0743 e. The maximum atomic E-state index is 5.81. The van der Waals surface area contributed by atoms with Crippen molar-refractivity contribution in [2.24, 2.45) is 11.7 Å². The van der Waals surface area contributed by atoms with Gasteiger partial charge in [-0.15, -0.1) is 0 Å². The molecule has 0 spiro atoms. The van der Waals surface area contributed by atoms with E-state index in [0.717, 1.165) is 13.2 Å². The third-order valence-electron chi connectivity index (χ3n) is 2.85. The maximum absolute atomic E-state index is 5.81. The molecular weight excluding hydrogens is 176 g/mol. The van der Waals surface area contributed by atoms with Crippen LogP contribution in [0, 0.1) is 5.92 Å². The molecule has 14 heavy (non-hydrogen) atoms. The molecule has 0 saturated carbocycles. The fourth-order valence-electron chi connectivity index (χ4n) is 2.23. The zero-order chi connectivity index (χ0) is 10.6. The Morgan fingerprint density at radius 1 is 1.50 bits per heavy atom. The summed E-state index contributed by atoms with van der Waals surface area (Å²) < 4.78 is 5.69. The zero-order valence-electron chi connectivity index (χ0n) is 9.70. The number of ether oxygens (including phenoxy) is 1. The van der Waals surface area contributed by atoms with E-state index in [9.17, 15) is 0 Å². The summed E-state index contributed by atoms with van der Waals surface area (Å²) in [7, 11) is 2.15. The van der Waals surface area contributed by atoms with Crippen LogP contribution in [0.3, 0.4) is 0 Å². The van der Waals surface area contributed by atoms with Crippen LogP contribution in [0.1, 0.15) is 26.7 Å². The van der Waals surface area contributed by atoms with Crippen LogP contribution in [0.2, 0.25) is 0 Å². The molecule has 3 nitrogen and oxygen atoms in total. The van der Waals surface area contributed by atoms with E-state index >= 15 is 0 Å². The Kier molecular flexibility index (Phi) is 4.85. The molecule has 1 aliphatic rings. The van der Waals surface area contributed by atoms with Crippen molar-refractivity contribution in [1.29, 1.82) is 0 Å². The molecule has 0 aliphatic carbocycles. The van der Waals surface area contributed by atoms with Crippen LogP contribution in [0.4, 0.5) is 0 Å². The molecule has 0 aromatic carbocycles. The first kappa shape index (κ1) is 12.0. The van der Waals surface area contributed by atoms with Gasteiger partial charge in [0.2, 0.25) is 0 Å². The lowest BCUT2D eigenvalue weighted by Crippen LogP contribution is -2.47. The summed E-state index contributed by atoms with van der Waals surface area (Å²) in [6.45, 7) is 7.19. The molecular formula is C11H24N2O. The Morgan fingerprint density at radius 2 is 2.21 bits per heavy atom. The van der Waals surface area contributed by atoms with Crippen LogP contribution >= 0.6 is 0 Å². The molecule has 0 bridgehead atoms. The van der Waals surface area contributed by atoms with Gasteiger partial charge in [0, 0.05) is 25.7 Å². The average molecular weight is 200 g/mol. The van der Waals surface area contributed by atoms with Crippen molar-refractivity contribution in [2.45, 2.75) is 38.8 Å². The first-order chi connectivity index (χ1) is 6.65. The van der Waals surface area contributed by atoms with Gasteiger partial charge >= 0.3 is 0 Å². The Labute approximate surface area is 87.6 Å². The summed E-state index contributed by atoms with van der Waals surface area (Å²) >= 11 is 0. The second kappa shape index (κ2) is 5.69. The third kappa shape index (κ3) is 3.23. The van der Waals surface area contributed by atoms with E-state index in [1.807, 2.05) is 0 Å². The molecule has 1 saturated heterocycles. The molecule has 1 heterocycles. The van der Waals surface area contributed by atoms with Gasteiger partial charge in [0.05, 0.1) is 6.10 Å². The highest BCUT2D eigenvalue weighted by atomic mass is 16.5. The van der Waals surface area contributed by atoms with Gasteiger partial charge in [-0.3, -0.25) is 4.90 Å². The lowest BCUT2D eigenvalue weighted by molar-refractivity contribution is 0.0337. The van der Waals surface area contributed by atoms with E-state index in [0.29, 0.717) is 24.6 Å². The van der Waals surface area contributed by atoms with E-state index in [1.54, 1.807) is 0 Å². The molecule has 2 N–H and O–H groups in total. The highest BCUT2D eigenvalue weighted by molar-refractivity contribution is 4.82. The van der Waals surface area contributed by atoms with Crippen molar-refractivity contribution in [1.82, 2.24) is 4.90 Å². The van der Waals surface area contributed by atoms with Crippen molar-refractivity contribution >= 4 is 0 Å². The lowest BCUT2D eigenvalue weighted by atomic mass is 10.1. The van der Waals surface area contributed by atoms with Gasteiger partial charge in [0.1, 0.15) is 0 Å². The summed E-state index contributed by atoms with van der Waals surface area (Å²) in [5.41, 5.74) is 5.81. The molecule has 2 atom stereocenters. The molecule has 84 valence electrons. The van der Waals surface area contributed by atoms with Crippen molar-refractivity contribution in [3.8, 4) is 0 Å². The minimum Gasteiger partial charge on any atom is -0.377 e. The molecule has 3 heteroatoms. The summed E-state index contributed by atoms with van der Waals surface area (Å²) in [5.74, 6) is 0.690. The van der Waals surface area contributed by atoms with Crippen LogP contribution in [0.25, 0.3) is 0 Å². The van der Waals surface area contributed by atoms with Crippen LogP contribution in [0.15, 0.2) is 0 Å². The Bertz CT molecular complexity index is 155. The first-order valence-electron chi connectivity index (χ1n) is 5.67. The Morgan fingerprint density at radius 3 is 2.64 bits per heavy atom. The quantitative estimate of drug-likeness (QED) is 0.722. The normalized spacial score (nSPS) is 24.9. The smallest absolute Gasteiger partial charge is 0.0743 e. The van der Waals surface area contributed by atoms with E-state index in [4.69, 9.17) is 10.5 Å². The molecule has 2 unspecified atom stereocenters. The number of likely N-dealkylation sites (N-methyl/N-ethyl adjacent to an activating group) is 1. The first-order valence-corrected chi connectivity index (χ1v) is 5.67. The highest BCUT2D eigenvalue weighted by Crippen LogP contribution is 2.18. The largest absolute Gasteiger partial charge is 0.377 e. The molecule has 0 aromatic rings. The standard InChI is InChI=1S/C11H24N2O/c1-9(2)8-13(3)10(7-12)11-5-4-6-14-11/h9-11H,4-8,12H2,1-3H3. The summed E-state index contributed by atoms with van der Waals surface area (Å²) in [5, 5.41) is 0. The van der Waals surface area contributed by atoms with E-state index in [-0.39, 0.29) is 0 Å². The molecule has 1 aliphatic heterocycles. The SMILES string of the molecule is CC(C)CN(C)C(CN)C1CCCO1. The second-order valence-electron chi connectivity index (χ2n) is 4.69. The molecule has 0 aromatic heterocycles. The van der Waals surface area contributed by atoms with E-state index < -0.39 is 0 Å². The summed E-state index contributed by atoms with van der Waals surface area (Å²) in [6.07, 6.45) is 2.73. The molecule has 0 radical (unpaired) electrons. The van der Waals surface area contributed by atoms with E-state index in [2.05, 4.69) is 25.8 Å². The van der Waals surface area contributed by atoms with Gasteiger partial charge in [0.15, 0.2) is 0 Å². The topological polar surface area (TPSA) is 38.5 Å². The van der Waals surface area contributed by atoms with Crippen molar-refractivity contribution in [3.05, 3.63) is 0 Å². The highest BCUT2D eigenvalue weighted by Gasteiger charge is 2.27.